The van der Waals surface area contributed by atoms with E-state index in [0.29, 0.717) is 11.5 Å². The van der Waals surface area contributed by atoms with Crippen molar-refractivity contribution in [1.29, 1.82) is 0 Å². The van der Waals surface area contributed by atoms with Crippen LogP contribution in [0.25, 0.3) is 0 Å². The lowest BCUT2D eigenvalue weighted by Gasteiger charge is -2.35. The van der Waals surface area contributed by atoms with Crippen LogP contribution in [0, 0.1) is 11.3 Å². The van der Waals surface area contributed by atoms with E-state index in [1.165, 1.54) is 0 Å². The monoisotopic (exact) mass is 168 g/mol. The lowest BCUT2D eigenvalue weighted by atomic mass is 9.67. The minimum atomic E-state index is -0.299. The molecule has 1 fully saturated rings. The first-order valence-electron chi connectivity index (χ1n) is 4.38. The zero-order valence-corrected chi connectivity index (χ0v) is 7.92. The number of allylic oxidation sites excluding steroid dienone is 1. The lowest BCUT2D eigenvalue weighted by molar-refractivity contribution is -0.127. The number of Topliss-reactive ketones (excluding diaryl/α,β-unsaturated/α-hetero) is 1. The van der Waals surface area contributed by atoms with Crippen LogP contribution in [0.1, 0.15) is 33.6 Å². The topological polar surface area (TPSA) is 37.3 Å². The van der Waals surface area contributed by atoms with Gasteiger partial charge in [0.15, 0.2) is 5.78 Å². The van der Waals surface area contributed by atoms with Gasteiger partial charge in [0.25, 0.3) is 0 Å². The van der Waals surface area contributed by atoms with E-state index in [1.54, 1.807) is 0 Å². The molecule has 0 spiro atoms. The molecule has 1 atom stereocenters. The highest BCUT2D eigenvalue weighted by Gasteiger charge is 2.39. The molecule has 1 aliphatic carbocycles. The first-order valence-corrected chi connectivity index (χ1v) is 4.38. The van der Waals surface area contributed by atoms with Gasteiger partial charge in [0, 0.05) is 11.0 Å². The van der Waals surface area contributed by atoms with Crippen LogP contribution >= 0.6 is 0 Å². The van der Waals surface area contributed by atoms with E-state index in [0.717, 1.165) is 19.1 Å². The molecule has 68 valence electrons. The zero-order valence-electron chi connectivity index (χ0n) is 7.92. The van der Waals surface area contributed by atoms with Gasteiger partial charge in [-0.1, -0.05) is 20.8 Å². The van der Waals surface area contributed by atoms with Crippen molar-refractivity contribution in [2.75, 3.05) is 0 Å². The average Bonchev–Trinajstić information content (AvgIpc) is 2.02. The molecule has 0 aromatic heterocycles. The molecule has 0 aliphatic heterocycles. The largest absolute Gasteiger partial charge is 0.515 e. The van der Waals surface area contributed by atoms with Gasteiger partial charge in [0.2, 0.25) is 0 Å². The molecule has 2 nitrogen and oxygen atoms in total. The first-order chi connectivity index (χ1) is 5.50. The average molecular weight is 168 g/mol. The highest BCUT2D eigenvalue weighted by molar-refractivity contribution is 6.00. The Hall–Kier alpha value is -0.790. The van der Waals surface area contributed by atoms with Gasteiger partial charge in [-0.15, -0.1) is 0 Å². The predicted molar refractivity (Wildman–Crippen MR) is 47.9 cm³/mol. The maximum atomic E-state index is 11.7. The quantitative estimate of drug-likeness (QED) is 0.445. The van der Waals surface area contributed by atoms with Crippen molar-refractivity contribution < 1.29 is 9.90 Å². The molecule has 1 aliphatic rings. The molecule has 0 aromatic carbocycles. The SMILES string of the molecule is CC1CC/C(=C/O)C(=O)C1(C)C. The molecule has 0 aromatic rings. The molecule has 1 unspecified atom stereocenters. The summed E-state index contributed by atoms with van der Waals surface area (Å²) in [5.41, 5.74) is 0.283. The van der Waals surface area contributed by atoms with Gasteiger partial charge >= 0.3 is 0 Å². The van der Waals surface area contributed by atoms with Crippen molar-refractivity contribution in [3.8, 4) is 0 Å². The number of carbonyl (C=O) groups is 1. The molecule has 0 saturated heterocycles. The van der Waals surface area contributed by atoms with Crippen LogP contribution in [-0.4, -0.2) is 10.9 Å². The molecule has 0 bridgehead atoms. The Morgan fingerprint density at radius 2 is 2.17 bits per heavy atom. The normalized spacial score (nSPS) is 32.4. The Kier molecular flexibility index (Phi) is 2.27. The second-order valence-electron chi connectivity index (χ2n) is 4.14. The van der Waals surface area contributed by atoms with Crippen LogP contribution in [0.5, 0.6) is 0 Å². The van der Waals surface area contributed by atoms with Crippen LogP contribution in [0.3, 0.4) is 0 Å². The fourth-order valence-electron chi connectivity index (χ4n) is 1.61. The summed E-state index contributed by atoms with van der Waals surface area (Å²) in [5.74, 6) is 0.512. The molecular weight excluding hydrogens is 152 g/mol. The summed E-state index contributed by atoms with van der Waals surface area (Å²) < 4.78 is 0. The van der Waals surface area contributed by atoms with Crippen LogP contribution in [-0.2, 0) is 4.79 Å². The number of aliphatic hydroxyl groups excluding tert-OH is 1. The second-order valence-corrected chi connectivity index (χ2v) is 4.14. The Balaban J connectivity index is 2.93. The molecule has 2 heteroatoms. The Bertz CT molecular complexity index is 226. The lowest BCUT2D eigenvalue weighted by Crippen LogP contribution is -2.36. The van der Waals surface area contributed by atoms with Gasteiger partial charge in [0.1, 0.15) is 0 Å². The summed E-state index contributed by atoms with van der Waals surface area (Å²) in [6.45, 7) is 5.98. The molecular formula is C10H16O2. The van der Waals surface area contributed by atoms with E-state index in [1.807, 2.05) is 13.8 Å². The van der Waals surface area contributed by atoms with Gasteiger partial charge in [0.05, 0.1) is 6.26 Å². The fourth-order valence-corrected chi connectivity index (χ4v) is 1.61. The van der Waals surface area contributed by atoms with E-state index < -0.39 is 0 Å². The van der Waals surface area contributed by atoms with Crippen LogP contribution in [0.15, 0.2) is 11.8 Å². The molecule has 1 saturated carbocycles. The fraction of sp³-hybridized carbons (Fsp3) is 0.700. The number of rotatable bonds is 0. The summed E-state index contributed by atoms with van der Waals surface area (Å²) >= 11 is 0. The second kappa shape index (κ2) is 2.92. The minimum absolute atomic E-state index is 0.101. The van der Waals surface area contributed by atoms with Gasteiger partial charge in [-0.3, -0.25) is 4.79 Å². The predicted octanol–water partition coefficient (Wildman–Crippen LogP) is 2.45. The van der Waals surface area contributed by atoms with Crippen LogP contribution < -0.4 is 0 Å². The maximum Gasteiger partial charge on any atom is 0.167 e. The van der Waals surface area contributed by atoms with E-state index in [2.05, 4.69) is 6.92 Å². The van der Waals surface area contributed by atoms with Gasteiger partial charge in [-0.05, 0) is 18.8 Å². The summed E-state index contributed by atoms with van der Waals surface area (Å²) in [6.07, 6.45) is 2.68. The number of carbonyl (C=O) groups excluding carboxylic acids is 1. The molecule has 0 radical (unpaired) electrons. The highest BCUT2D eigenvalue weighted by Crippen LogP contribution is 2.39. The Morgan fingerprint density at radius 3 is 2.67 bits per heavy atom. The third-order valence-electron chi connectivity index (χ3n) is 3.11. The Labute approximate surface area is 73.3 Å². The third kappa shape index (κ3) is 1.26. The van der Waals surface area contributed by atoms with Crippen molar-refractivity contribution in [1.82, 2.24) is 0 Å². The summed E-state index contributed by atoms with van der Waals surface area (Å²) in [5, 5.41) is 8.80. The van der Waals surface area contributed by atoms with E-state index in [4.69, 9.17) is 5.11 Å². The first kappa shape index (κ1) is 9.30. The zero-order chi connectivity index (χ0) is 9.35. The van der Waals surface area contributed by atoms with Crippen molar-refractivity contribution in [3.05, 3.63) is 11.8 Å². The number of ketones is 1. The summed E-state index contributed by atoms with van der Waals surface area (Å²) in [4.78, 5) is 11.7. The number of hydrogen-bond acceptors (Lipinski definition) is 2. The molecule has 1 N–H and O–H groups in total. The smallest absolute Gasteiger partial charge is 0.167 e. The van der Waals surface area contributed by atoms with Gasteiger partial charge in [-0.25, -0.2) is 0 Å². The maximum absolute atomic E-state index is 11.7. The van der Waals surface area contributed by atoms with Crippen molar-refractivity contribution in [2.45, 2.75) is 33.6 Å². The molecule has 1 rings (SSSR count). The summed E-state index contributed by atoms with van der Waals surface area (Å²) in [7, 11) is 0. The standard InChI is InChI=1S/C10H16O2/c1-7-4-5-8(6-11)9(12)10(7,2)3/h6-7,11H,4-5H2,1-3H3/b8-6-. The van der Waals surface area contributed by atoms with Gasteiger partial charge in [-0.2, -0.15) is 0 Å². The molecule has 0 amide bonds. The van der Waals surface area contributed by atoms with Crippen molar-refractivity contribution in [2.24, 2.45) is 11.3 Å². The van der Waals surface area contributed by atoms with Crippen LogP contribution in [0.2, 0.25) is 0 Å². The van der Waals surface area contributed by atoms with Crippen molar-refractivity contribution in [3.63, 3.8) is 0 Å². The number of hydrogen-bond donors (Lipinski definition) is 1. The van der Waals surface area contributed by atoms with Gasteiger partial charge < -0.3 is 5.11 Å². The Morgan fingerprint density at radius 1 is 1.58 bits per heavy atom. The van der Waals surface area contributed by atoms with E-state index >= 15 is 0 Å². The van der Waals surface area contributed by atoms with E-state index in [-0.39, 0.29) is 11.2 Å². The summed E-state index contributed by atoms with van der Waals surface area (Å²) in [6, 6.07) is 0. The minimum Gasteiger partial charge on any atom is -0.515 e. The van der Waals surface area contributed by atoms with Crippen molar-refractivity contribution >= 4 is 5.78 Å². The highest BCUT2D eigenvalue weighted by atomic mass is 16.2. The number of aliphatic hydroxyl groups is 1. The van der Waals surface area contributed by atoms with E-state index in [9.17, 15) is 4.79 Å². The molecule has 0 heterocycles. The molecule has 12 heavy (non-hydrogen) atoms. The third-order valence-corrected chi connectivity index (χ3v) is 3.11. The van der Waals surface area contributed by atoms with Crippen LogP contribution in [0.4, 0.5) is 0 Å².